The van der Waals surface area contributed by atoms with Crippen LogP contribution in [0.15, 0.2) is 36.4 Å². The number of hydrogen-bond acceptors (Lipinski definition) is 4. The van der Waals surface area contributed by atoms with Gasteiger partial charge in [-0.25, -0.2) is 0 Å². The van der Waals surface area contributed by atoms with E-state index in [4.69, 9.17) is 9.47 Å². The number of benzene rings is 2. The van der Waals surface area contributed by atoms with E-state index >= 15 is 0 Å². The maximum Gasteiger partial charge on any atom is 0.259 e. The number of nitrogens with one attached hydrogen (secondary N) is 1. The quantitative estimate of drug-likeness (QED) is 0.891. The molecule has 3 rings (SSSR count). The molecule has 0 fully saturated rings. The second-order valence-electron chi connectivity index (χ2n) is 5.69. The minimum atomic E-state index is -0.709. The molecule has 0 saturated carbocycles. The van der Waals surface area contributed by atoms with E-state index in [0.29, 0.717) is 22.7 Å². The molecule has 0 aliphatic carbocycles. The molecule has 0 radical (unpaired) electrons. The van der Waals surface area contributed by atoms with Crippen LogP contribution >= 0.6 is 0 Å². The number of phenolic OH excluding ortho intramolecular Hbond substituents is 1. The Kier molecular flexibility index (Phi) is 3.20. The largest absolute Gasteiger partial charge is 0.507 e. The van der Waals surface area contributed by atoms with Crippen LogP contribution in [-0.2, 0) is 0 Å². The molecular weight excluding hydrogens is 282 g/mol. The zero-order chi connectivity index (χ0) is 15.9. The van der Waals surface area contributed by atoms with E-state index in [-0.39, 0.29) is 17.2 Å². The van der Waals surface area contributed by atoms with Crippen molar-refractivity contribution in [2.75, 3.05) is 5.32 Å². The van der Waals surface area contributed by atoms with Crippen LogP contribution in [0.25, 0.3) is 0 Å². The van der Waals surface area contributed by atoms with E-state index in [2.05, 4.69) is 5.32 Å². The van der Waals surface area contributed by atoms with Crippen LogP contribution in [0.3, 0.4) is 0 Å². The zero-order valence-electron chi connectivity index (χ0n) is 12.6. The third-order valence-corrected chi connectivity index (χ3v) is 3.40. The van der Waals surface area contributed by atoms with Gasteiger partial charge in [0.25, 0.3) is 5.91 Å². The summed E-state index contributed by atoms with van der Waals surface area (Å²) >= 11 is 0. The molecule has 22 heavy (non-hydrogen) atoms. The Labute approximate surface area is 128 Å². The number of hydrogen-bond donors (Lipinski definition) is 2. The second-order valence-corrected chi connectivity index (χ2v) is 5.69. The molecule has 1 aliphatic heterocycles. The van der Waals surface area contributed by atoms with Crippen molar-refractivity contribution in [2.24, 2.45) is 0 Å². The van der Waals surface area contributed by atoms with Crippen LogP contribution in [-0.4, -0.2) is 16.8 Å². The van der Waals surface area contributed by atoms with E-state index in [1.807, 2.05) is 13.8 Å². The van der Waals surface area contributed by atoms with Gasteiger partial charge in [-0.15, -0.1) is 0 Å². The van der Waals surface area contributed by atoms with E-state index in [1.165, 1.54) is 0 Å². The summed E-state index contributed by atoms with van der Waals surface area (Å²) in [6.07, 6.45) is 0. The molecule has 2 N–H and O–H groups in total. The van der Waals surface area contributed by atoms with Gasteiger partial charge in [0, 0.05) is 25.6 Å². The molecule has 1 aliphatic rings. The summed E-state index contributed by atoms with van der Waals surface area (Å²) in [4.78, 5) is 12.3. The summed E-state index contributed by atoms with van der Waals surface area (Å²) < 4.78 is 11.2. The lowest BCUT2D eigenvalue weighted by molar-refractivity contribution is -0.0431. The number of anilines is 1. The number of phenols is 1. The number of rotatable bonds is 2. The number of aryl methyl sites for hydroxylation is 1. The molecule has 2 aromatic carbocycles. The van der Waals surface area contributed by atoms with Crippen LogP contribution in [0.5, 0.6) is 17.2 Å². The molecule has 114 valence electrons. The number of carbonyl (C=O) groups excluding carboxylic acids is 1. The van der Waals surface area contributed by atoms with Crippen molar-refractivity contribution >= 4 is 11.6 Å². The van der Waals surface area contributed by atoms with Crippen LogP contribution < -0.4 is 14.8 Å². The van der Waals surface area contributed by atoms with Crippen molar-refractivity contribution in [1.82, 2.24) is 0 Å². The van der Waals surface area contributed by atoms with Crippen LogP contribution in [0.2, 0.25) is 0 Å². The summed E-state index contributed by atoms with van der Waals surface area (Å²) in [5.74, 6) is 0.124. The Morgan fingerprint density at radius 1 is 1.14 bits per heavy atom. The third kappa shape index (κ3) is 2.57. The molecule has 0 spiro atoms. The normalized spacial score (nSPS) is 14.7. The van der Waals surface area contributed by atoms with Gasteiger partial charge in [-0.1, -0.05) is 12.1 Å². The van der Waals surface area contributed by atoms with Crippen molar-refractivity contribution in [1.29, 1.82) is 0 Å². The Bertz CT molecular complexity index is 752. The van der Waals surface area contributed by atoms with E-state index in [0.717, 1.165) is 0 Å². The Morgan fingerprint density at radius 2 is 1.86 bits per heavy atom. The predicted octanol–water partition coefficient (Wildman–Crippen LogP) is 3.46. The van der Waals surface area contributed by atoms with E-state index in [1.54, 1.807) is 43.3 Å². The first kappa shape index (κ1) is 14.3. The zero-order valence-corrected chi connectivity index (χ0v) is 12.6. The predicted molar refractivity (Wildman–Crippen MR) is 82.6 cm³/mol. The highest BCUT2D eigenvalue weighted by molar-refractivity contribution is 6.06. The average molecular weight is 299 g/mol. The number of amides is 1. The first-order valence-electron chi connectivity index (χ1n) is 6.98. The molecule has 0 atom stereocenters. The average Bonchev–Trinajstić information content (AvgIpc) is 2.75. The fourth-order valence-electron chi connectivity index (χ4n) is 2.34. The van der Waals surface area contributed by atoms with Gasteiger partial charge in [-0.3, -0.25) is 4.79 Å². The van der Waals surface area contributed by atoms with Gasteiger partial charge >= 0.3 is 0 Å². The van der Waals surface area contributed by atoms with Crippen LogP contribution in [0.1, 0.15) is 29.8 Å². The maximum absolute atomic E-state index is 12.3. The number of aromatic hydroxyl groups is 1. The van der Waals surface area contributed by atoms with E-state index in [9.17, 15) is 9.90 Å². The monoisotopic (exact) mass is 299 g/mol. The molecular formula is C17H17NO4. The highest BCUT2D eigenvalue weighted by Gasteiger charge is 2.31. The van der Waals surface area contributed by atoms with Gasteiger partial charge in [0.05, 0.1) is 5.56 Å². The highest BCUT2D eigenvalue weighted by atomic mass is 16.7. The smallest absolute Gasteiger partial charge is 0.259 e. The minimum Gasteiger partial charge on any atom is -0.507 e. The van der Waals surface area contributed by atoms with Gasteiger partial charge in [-0.2, -0.15) is 0 Å². The van der Waals surface area contributed by atoms with Gasteiger partial charge < -0.3 is 19.9 Å². The van der Waals surface area contributed by atoms with Gasteiger partial charge in [-0.05, 0) is 30.7 Å². The first-order chi connectivity index (χ1) is 10.4. The molecule has 0 unspecified atom stereocenters. The number of ether oxygens (including phenoxy) is 2. The molecule has 1 amide bonds. The van der Waals surface area contributed by atoms with Crippen LogP contribution in [0, 0.1) is 6.92 Å². The minimum absolute atomic E-state index is 0.0122. The lowest BCUT2D eigenvalue weighted by Crippen LogP contribution is -2.29. The van der Waals surface area contributed by atoms with Crippen molar-refractivity contribution in [3.05, 3.63) is 47.5 Å². The Hall–Kier alpha value is -2.69. The lowest BCUT2D eigenvalue weighted by Gasteiger charge is -2.16. The third-order valence-electron chi connectivity index (χ3n) is 3.40. The second kappa shape index (κ2) is 4.94. The maximum atomic E-state index is 12.3. The van der Waals surface area contributed by atoms with Crippen molar-refractivity contribution in [2.45, 2.75) is 26.6 Å². The van der Waals surface area contributed by atoms with Crippen molar-refractivity contribution in [3.63, 3.8) is 0 Å². The summed E-state index contributed by atoms with van der Waals surface area (Å²) in [7, 11) is 0. The molecule has 0 bridgehead atoms. The molecule has 0 saturated heterocycles. The fraction of sp³-hybridized carbons (Fsp3) is 0.235. The topological polar surface area (TPSA) is 67.8 Å². The number of para-hydroxylation sites is 1. The van der Waals surface area contributed by atoms with Crippen molar-refractivity contribution in [3.8, 4) is 17.2 Å². The summed E-state index contributed by atoms with van der Waals surface area (Å²) in [5.41, 5.74) is 1.46. The SMILES string of the molecule is Cc1cccc(C(=O)Nc2ccc3c(c2)OC(C)(C)O3)c1O. The summed E-state index contributed by atoms with van der Waals surface area (Å²) in [6, 6.07) is 10.2. The number of carbonyl (C=O) groups is 1. The Morgan fingerprint density at radius 3 is 2.64 bits per heavy atom. The van der Waals surface area contributed by atoms with Gasteiger partial charge in [0.1, 0.15) is 5.75 Å². The lowest BCUT2D eigenvalue weighted by atomic mass is 10.1. The standard InChI is InChI=1S/C17H17NO4/c1-10-5-4-6-12(15(10)19)16(20)18-11-7-8-13-14(9-11)22-17(2,3)21-13/h4-9,19H,1-3H3,(H,18,20). The summed E-state index contributed by atoms with van der Waals surface area (Å²) in [5, 5.41) is 12.7. The Balaban J connectivity index is 1.83. The molecule has 5 heteroatoms. The molecule has 0 aromatic heterocycles. The molecule has 5 nitrogen and oxygen atoms in total. The van der Waals surface area contributed by atoms with Gasteiger partial charge in [0.15, 0.2) is 11.5 Å². The fourth-order valence-corrected chi connectivity index (χ4v) is 2.34. The molecule has 1 heterocycles. The number of fused-ring (bicyclic) bond motifs is 1. The van der Waals surface area contributed by atoms with E-state index < -0.39 is 5.79 Å². The first-order valence-corrected chi connectivity index (χ1v) is 6.98. The molecule has 2 aromatic rings. The van der Waals surface area contributed by atoms with Crippen LogP contribution in [0.4, 0.5) is 5.69 Å². The van der Waals surface area contributed by atoms with Gasteiger partial charge in [0.2, 0.25) is 5.79 Å². The summed E-state index contributed by atoms with van der Waals surface area (Å²) in [6.45, 7) is 5.38. The van der Waals surface area contributed by atoms with Crippen molar-refractivity contribution < 1.29 is 19.4 Å². The highest BCUT2D eigenvalue weighted by Crippen LogP contribution is 2.40.